The Kier molecular flexibility index (Phi) is 5.01. The van der Waals surface area contributed by atoms with E-state index in [1.807, 2.05) is 60.0 Å². The third kappa shape index (κ3) is 3.22. The topological polar surface area (TPSA) is 90.4 Å². The van der Waals surface area contributed by atoms with Gasteiger partial charge in [-0.25, -0.2) is 4.79 Å². The normalized spacial score (nSPS) is 14.2. The van der Waals surface area contributed by atoms with Crippen molar-refractivity contribution in [2.24, 2.45) is 14.1 Å². The molecule has 2 aromatic heterocycles. The smallest absolute Gasteiger partial charge is 0.331 e. The fourth-order valence-electron chi connectivity index (χ4n) is 5.33. The first kappa shape index (κ1) is 22.7. The molecule has 0 saturated carbocycles. The Bertz CT molecular complexity index is 1830. The summed E-state index contributed by atoms with van der Waals surface area (Å²) in [4.78, 5) is 26.9. The minimum atomic E-state index is -0.579. The summed E-state index contributed by atoms with van der Waals surface area (Å²) in [6, 6.07) is 20.3. The van der Waals surface area contributed by atoms with Crippen molar-refractivity contribution in [2.45, 2.75) is 13.0 Å². The average molecular weight is 495 g/mol. The van der Waals surface area contributed by atoms with E-state index in [1.165, 1.54) is 11.6 Å². The molecular weight excluding hydrogens is 468 g/mol. The van der Waals surface area contributed by atoms with Crippen LogP contribution in [0.1, 0.15) is 22.9 Å². The van der Waals surface area contributed by atoms with Gasteiger partial charge in [-0.1, -0.05) is 42.0 Å². The molecule has 6 rings (SSSR count). The Labute approximate surface area is 212 Å². The number of hydrogen-bond acceptors (Lipinski definition) is 5. The fraction of sp³-hybridized carbons (Fsp3) is 0.172. The van der Waals surface area contributed by atoms with Crippen LogP contribution in [0.2, 0.25) is 0 Å². The van der Waals surface area contributed by atoms with Crippen molar-refractivity contribution in [2.75, 3.05) is 12.4 Å². The Morgan fingerprint density at radius 1 is 0.946 bits per heavy atom. The van der Waals surface area contributed by atoms with Crippen LogP contribution in [-0.4, -0.2) is 25.9 Å². The lowest BCUT2D eigenvalue weighted by Gasteiger charge is -2.31. The molecule has 0 unspecified atom stereocenters. The highest BCUT2D eigenvalue weighted by atomic mass is 16.5. The van der Waals surface area contributed by atoms with Crippen molar-refractivity contribution in [3.63, 3.8) is 0 Å². The van der Waals surface area contributed by atoms with Crippen molar-refractivity contribution >= 4 is 16.6 Å². The SMILES string of the molecule is COc1ccc(O)c([C@H]2Nc3ccccc3-n3c(-c4ccc(C)cc4)c4c(=O)n(C)c(=O)n(C)c4c32)c1. The van der Waals surface area contributed by atoms with Gasteiger partial charge < -0.3 is 19.7 Å². The number of ether oxygens (including phenoxy) is 1. The molecule has 0 spiro atoms. The van der Waals surface area contributed by atoms with Crippen LogP contribution in [0.3, 0.4) is 0 Å². The summed E-state index contributed by atoms with van der Waals surface area (Å²) in [7, 11) is 4.74. The van der Waals surface area contributed by atoms with Crippen LogP contribution in [0.5, 0.6) is 11.5 Å². The van der Waals surface area contributed by atoms with Crippen LogP contribution in [0.25, 0.3) is 27.8 Å². The highest BCUT2D eigenvalue weighted by Crippen LogP contribution is 2.47. The number of fused-ring (bicyclic) bond motifs is 5. The maximum atomic E-state index is 13.7. The molecule has 5 aromatic rings. The number of aromatic nitrogens is 3. The zero-order valence-corrected chi connectivity index (χ0v) is 20.9. The second-order valence-corrected chi connectivity index (χ2v) is 9.38. The predicted octanol–water partition coefficient (Wildman–Crippen LogP) is 4.23. The number of phenolic OH excluding ortho intramolecular Hbond substituents is 1. The second-order valence-electron chi connectivity index (χ2n) is 9.38. The summed E-state index contributed by atoms with van der Waals surface area (Å²) in [6.45, 7) is 2.01. The van der Waals surface area contributed by atoms with E-state index in [9.17, 15) is 14.7 Å². The lowest BCUT2D eigenvalue weighted by Crippen LogP contribution is -2.37. The number of para-hydroxylation sites is 2. The molecule has 8 nitrogen and oxygen atoms in total. The van der Waals surface area contributed by atoms with Crippen molar-refractivity contribution in [1.82, 2.24) is 13.7 Å². The van der Waals surface area contributed by atoms with Gasteiger partial charge in [0.05, 0.1) is 46.8 Å². The Balaban J connectivity index is 1.85. The third-order valence-corrected chi connectivity index (χ3v) is 7.20. The molecular formula is C29H26N4O4. The van der Waals surface area contributed by atoms with Gasteiger partial charge in [-0.3, -0.25) is 13.9 Å². The lowest BCUT2D eigenvalue weighted by atomic mass is 9.98. The monoisotopic (exact) mass is 494 g/mol. The van der Waals surface area contributed by atoms with Crippen molar-refractivity contribution in [1.29, 1.82) is 0 Å². The van der Waals surface area contributed by atoms with Crippen LogP contribution in [0.4, 0.5) is 5.69 Å². The van der Waals surface area contributed by atoms with Gasteiger partial charge in [-0.05, 0) is 42.8 Å². The molecule has 8 heteroatoms. The molecule has 2 N–H and O–H groups in total. The Hall–Kier alpha value is -4.72. The van der Waals surface area contributed by atoms with E-state index < -0.39 is 11.7 Å². The van der Waals surface area contributed by atoms with E-state index in [1.54, 1.807) is 32.4 Å². The zero-order chi connectivity index (χ0) is 26.0. The van der Waals surface area contributed by atoms with Crippen molar-refractivity contribution < 1.29 is 9.84 Å². The number of benzene rings is 3. The first-order valence-electron chi connectivity index (χ1n) is 12.0. The molecule has 3 heterocycles. The summed E-state index contributed by atoms with van der Waals surface area (Å²) in [6.07, 6.45) is 0. The summed E-state index contributed by atoms with van der Waals surface area (Å²) in [5.74, 6) is 0.656. The zero-order valence-electron chi connectivity index (χ0n) is 20.9. The molecule has 0 saturated heterocycles. The van der Waals surface area contributed by atoms with Gasteiger partial charge in [0.15, 0.2) is 0 Å². The summed E-state index contributed by atoms with van der Waals surface area (Å²) < 4.78 is 10.2. The molecule has 0 amide bonds. The van der Waals surface area contributed by atoms with E-state index in [2.05, 4.69) is 5.32 Å². The van der Waals surface area contributed by atoms with E-state index in [0.29, 0.717) is 33.6 Å². The average Bonchev–Trinajstić information content (AvgIpc) is 3.28. The minimum absolute atomic E-state index is 0.0734. The van der Waals surface area contributed by atoms with Crippen LogP contribution < -0.4 is 21.3 Å². The van der Waals surface area contributed by atoms with Crippen LogP contribution >= 0.6 is 0 Å². The van der Waals surface area contributed by atoms with Crippen molar-refractivity contribution in [3.8, 4) is 28.4 Å². The Morgan fingerprint density at radius 3 is 2.41 bits per heavy atom. The summed E-state index contributed by atoms with van der Waals surface area (Å²) in [5.41, 5.74) is 5.29. The van der Waals surface area contributed by atoms with Crippen molar-refractivity contribution in [3.05, 3.63) is 104 Å². The third-order valence-electron chi connectivity index (χ3n) is 7.20. The number of rotatable bonds is 3. The van der Waals surface area contributed by atoms with Crippen LogP contribution in [0, 0.1) is 6.92 Å². The van der Waals surface area contributed by atoms with Gasteiger partial charge >= 0.3 is 5.69 Å². The van der Waals surface area contributed by atoms with Gasteiger partial charge in [-0.2, -0.15) is 0 Å². The number of aryl methyl sites for hydroxylation is 2. The van der Waals surface area contributed by atoms with Gasteiger partial charge in [-0.15, -0.1) is 0 Å². The molecule has 0 bridgehead atoms. The van der Waals surface area contributed by atoms with Crippen LogP contribution in [0.15, 0.2) is 76.3 Å². The highest BCUT2D eigenvalue weighted by molar-refractivity contribution is 5.99. The number of phenols is 1. The number of anilines is 1. The number of aromatic hydroxyl groups is 1. The quantitative estimate of drug-likeness (QED) is 0.392. The molecule has 186 valence electrons. The molecule has 3 aromatic carbocycles. The largest absolute Gasteiger partial charge is 0.508 e. The van der Waals surface area contributed by atoms with E-state index >= 15 is 0 Å². The van der Waals surface area contributed by atoms with E-state index in [-0.39, 0.29) is 11.3 Å². The standard InChI is InChI=1S/C29H26N4O4/c1-16-9-11-17(12-10-16)25-23-26(31(2)29(36)32(3)28(23)35)27-24(19-15-18(37-4)13-14-22(19)34)30-20-7-5-6-8-21(20)33(25)27/h5-15,24,30,34H,1-4H3/t24-/m1/s1. The molecule has 0 aliphatic carbocycles. The number of nitrogens with one attached hydrogen (secondary N) is 1. The second kappa shape index (κ2) is 8.16. The summed E-state index contributed by atoms with van der Waals surface area (Å²) in [5, 5.41) is 15.0. The molecule has 0 fully saturated rings. The molecule has 1 aliphatic heterocycles. The first-order chi connectivity index (χ1) is 17.8. The van der Waals surface area contributed by atoms with Crippen LogP contribution in [-0.2, 0) is 14.1 Å². The van der Waals surface area contributed by atoms with Gasteiger partial charge in [0.1, 0.15) is 11.5 Å². The highest BCUT2D eigenvalue weighted by Gasteiger charge is 2.35. The number of nitrogens with zero attached hydrogens (tertiary/aromatic N) is 3. The molecule has 37 heavy (non-hydrogen) atoms. The van der Waals surface area contributed by atoms with E-state index in [4.69, 9.17) is 4.74 Å². The molecule has 0 radical (unpaired) electrons. The maximum Gasteiger partial charge on any atom is 0.331 e. The maximum absolute atomic E-state index is 13.7. The van der Waals surface area contributed by atoms with Gasteiger partial charge in [0.2, 0.25) is 0 Å². The summed E-state index contributed by atoms with van der Waals surface area (Å²) >= 11 is 0. The minimum Gasteiger partial charge on any atom is -0.508 e. The van der Waals surface area contributed by atoms with E-state index in [0.717, 1.165) is 27.1 Å². The Morgan fingerprint density at radius 2 is 1.68 bits per heavy atom. The predicted molar refractivity (Wildman–Crippen MR) is 144 cm³/mol. The lowest BCUT2D eigenvalue weighted by molar-refractivity contribution is 0.410. The molecule has 1 atom stereocenters. The fourth-order valence-corrected chi connectivity index (χ4v) is 5.33. The first-order valence-corrected chi connectivity index (χ1v) is 12.0. The number of hydrogen-bond donors (Lipinski definition) is 2. The molecule has 1 aliphatic rings. The number of methoxy groups -OCH3 is 1. The van der Waals surface area contributed by atoms with Gasteiger partial charge in [0.25, 0.3) is 5.56 Å². The van der Waals surface area contributed by atoms with Gasteiger partial charge in [0, 0.05) is 19.7 Å².